The van der Waals surface area contributed by atoms with Crippen molar-refractivity contribution in [3.8, 4) is 0 Å². The molecule has 6 heteroatoms. The van der Waals surface area contributed by atoms with Crippen LogP contribution < -0.4 is 4.90 Å². The van der Waals surface area contributed by atoms with E-state index in [9.17, 15) is 18.0 Å². The molecule has 69 valence electrons. The summed E-state index contributed by atoms with van der Waals surface area (Å²) in [6, 6.07) is 3.43. The van der Waals surface area contributed by atoms with E-state index in [4.69, 9.17) is 0 Å². The molecule has 1 aromatic heterocycles. The molecule has 1 radical (unpaired) electrons. The summed E-state index contributed by atoms with van der Waals surface area (Å²) in [5, 5.41) is 0. The van der Waals surface area contributed by atoms with Gasteiger partial charge in [-0.2, -0.15) is 0 Å². The lowest BCUT2D eigenvalue weighted by atomic mass is 10.4. The van der Waals surface area contributed by atoms with Gasteiger partial charge < -0.3 is 0 Å². The molecule has 0 spiro atoms. The van der Waals surface area contributed by atoms with Crippen molar-refractivity contribution in [3.63, 3.8) is 0 Å². The van der Waals surface area contributed by atoms with Crippen LogP contribution >= 0.6 is 0 Å². The van der Waals surface area contributed by atoms with E-state index in [1.807, 2.05) is 0 Å². The van der Waals surface area contributed by atoms with Crippen molar-refractivity contribution in [2.75, 3.05) is 4.90 Å². The highest BCUT2D eigenvalue weighted by molar-refractivity contribution is 5.74. The minimum absolute atomic E-state index is 0.326. The fourth-order valence-electron chi connectivity index (χ4n) is 0.701. The summed E-state index contributed by atoms with van der Waals surface area (Å²) in [7, 11) is 0. The van der Waals surface area contributed by atoms with Crippen molar-refractivity contribution in [2.24, 2.45) is 0 Å². The summed E-state index contributed by atoms with van der Waals surface area (Å²) in [6.45, 7) is 0. The summed E-state index contributed by atoms with van der Waals surface area (Å²) in [4.78, 5) is 13.1. The van der Waals surface area contributed by atoms with E-state index in [1.165, 1.54) is 12.3 Å². The molecule has 13 heavy (non-hydrogen) atoms. The Balaban J connectivity index is 2.99. The number of amides is 1. The first kappa shape index (κ1) is 9.50. The van der Waals surface area contributed by atoms with Crippen molar-refractivity contribution >= 4 is 12.1 Å². The van der Waals surface area contributed by atoms with Gasteiger partial charge in [0.25, 0.3) is 0 Å². The maximum atomic E-state index is 12.1. The molecule has 0 unspecified atom stereocenters. The standard InChI is InChI=1S/C7H4F3N2O/c8-7(9,10)12(5-13)6-2-1-3-11-4-6/h1,3-5H. The molecule has 0 saturated carbocycles. The van der Waals surface area contributed by atoms with Crippen LogP contribution in [0.15, 0.2) is 18.5 Å². The minimum atomic E-state index is -4.73. The first-order chi connectivity index (χ1) is 6.05. The Morgan fingerprint density at radius 3 is 2.62 bits per heavy atom. The van der Waals surface area contributed by atoms with Crippen LogP contribution in [0, 0.1) is 6.07 Å². The number of hydrogen-bond donors (Lipinski definition) is 0. The van der Waals surface area contributed by atoms with Gasteiger partial charge >= 0.3 is 6.30 Å². The van der Waals surface area contributed by atoms with Crippen molar-refractivity contribution < 1.29 is 18.0 Å². The molecular weight excluding hydrogens is 185 g/mol. The van der Waals surface area contributed by atoms with Crippen molar-refractivity contribution in [3.05, 3.63) is 24.5 Å². The Hall–Kier alpha value is -1.59. The van der Waals surface area contributed by atoms with Gasteiger partial charge in [-0.1, -0.05) is 0 Å². The Labute approximate surface area is 71.8 Å². The number of aromatic nitrogens is 1. The lowest BCUT2D eigenvalue weighted by Gasteiger charge is -2.18. The molecule has 0 N–H and O–H groups in total. The number of carbonyl (C=O) groups excluding carboxylic acids is 1. The van der Waals surface area contributed by atoms with Crippen LogP contribution in [-0.2, 0) is 4.79 Å². The van der Waals surface area contributed by atoms with Gasteiger partial charge in [0.2, 0.25) is 6.41 Å². The average molecular weight is 189 g/mol. The highest BCUT2D eigenvalue weighted by Gasteiger charge is 2.37. The predicted octanol–water partition coefficient (Wildman–Crippen LogP) is 1.36. The van der Waals surface area contributed by atoms with Crippen LogP contribution in [0.2, 0.25) is 0 Å². The van der Waals surface area contributed by atoms with Crippen molar-refractivity contribution in [1.29, 1.82) is 0 Å². The van der Waals surface area contributed by atoms with Gasteiger partial charge in [-0.05, 0) is 6.07 Å². The number of nitrogens with zero attached hydrogens (tertiary/aromatic N) is 2. The number of halogens is 3. The molecule has 1 rings (SSSR count). The van der Waals surface area contributed by atoms with E-state index >= 15 is 0 Å². The Morgan fingerprint density at radius 2 is 2.23 bits per heavy atom. The van der Waals surface area contributed by atoms with Crippen molar-refractivity contribution in [1.82, 2.24) is 4.98 Å². The molecule has 0 aliphatic rings. The summed E-state index contributed by atoms with van der Waals surface area (Å²) >= 11 is 0. The second-order valence-corrected chi connectivity index (χ2v) is 2.07. The summed E-state index contributed by atoms with van der Waals surface area (Å²) in [6.07, 6.45) is -2.89. The first-order valence-corrected chi connectivity index (χ1v) is 3.19. The van der Waals surface area contributed by atoms with Crippen LogP contribution in [-0.4, -0.2) is 17.7 Å². The maximum Gasteiger partial charge on any atom is 0.491 e. The summed E-state index contributed by atoms with van der Waals surface area (Å²) in [5.41, 5.74) is -0.426. The van der Waals surface area contributed by atoms with Gasteiger partial charge in [0, 0.05) is 12.3 Å². The molecule has 0 fully saturated rings. The molecule has 1 amide bonds. The topological polar surface area (TPSA) is 33.2 Å². The van der Waals surface area contributed by atoms with E-state index < -0.39 is 16.9 Å². The largest absolute Gasteiger partial charge is 0.491 e. The number of alkyl halides is 3. The van der Waals surface area contributed by atoms with E-state index in [0.717, 1.165) is 6.20 Å². The zero-order valence-corrected chi connectivity index (χ0v) is 6.25. The summed E-state index contributed by atoms with van der Waals surface area (Å²) in [5.74, 6) is 0. The van der Waals surface area contributed by atoms with Crippen LogP contribution in [0.4, 0.5) is 18.9 Å². The normalized spacial score (nSPS) is 11.0. The van der Waals surface area contributed by atoms with Gasteiger partial charge in [0.1, 0.15) is 0 Å². The summed E-state index contributed by atoms with van der Waals surface area (Å²) < 4.78 is 36.2. The Kier molecular flexibility index (Phi) is 2.50. The lowest BCUT2D eigenvalue weighted by Crippen LogP contribution is -2.36. The molecule has 0 aromatic carbocycles. The third-order valence-corrected chi connectivity index (χ3v) is 1.23. The van der Waals surface area contributed by atoms with Crippen LogP contribution in [0.1, 0.15) is 0 Å². The zero-order valence-electron chi connectivity index (χ0n) is 6.25. The smallest absolute Gasteiger partial charge is 0.278 e. The number of hydrogen-bond acceptors (Lipinski definition) is 2. The van der Waals surface area contributed by atoms with E-state index in [1.54, 1.807) is 0 Å². The van der Waals surface area contributed by atoms with Crippen molar-refractivity contribution in [2.45, 2.75) is 6.30 Å². The van der Waals surface area contributed by atoms with E-state index in [0.29, 0.717) is 0 Å². The fourth-order valence-corrected chi connectivity index (χ4v) is 0.701. The molecule has 0 bridgehead atoms. The van der Waals surface area contributed by atoms with Crippen LogP contribution in [0.3, 0.4) is 0 Å². The second-order valence-electron chi connectivity index (χ2n) is 2.07. The van der Waals surface area contributed by atoms with Gasteiger partial charge in [-0.3, -0.25) is 9.78 Å². The molecule has 0 aliphatic carbocycles. The minimum Gasteiger partial charge on any atom is -0.278 e. The Morgan fingerprint density at radius 1 is 1.54 bits per heavy atom. The fraction of sp³-hybridized carbons (Fsp3) is 0.143. The molecule has 3 nitrogen and oxygen atoms in total. The predicted molar refractivity (Wildman–Crippen MR) is 37.7 cm³/mol. The van der Waals surface area contributed by atoms with Gasteiger partial charge in [-0.25, -0.2) is 4.90 Å². The molecule has 1 heterocycles. The van der Waals surface area contributed by atoms with Gasteiger partial charge in [0.05, 0.1) is 11.9 Å². The van der Waals surface area contributed by atoms with Gasteiger partial charge in [0.15, 0.2) is 0 Å². The highest BCUT2D eigenvalue weighted by atomic mass is 19.4. The number of rotatable bonds is 2. The SMILES string of the molecule is O=CN(c1[c]ccnc1)C(F)(F)F. The quantitative estimate of drug-likeness (QED) is 0.520. The monoisotopic (exact) mass is 189 g/mol. The molecular formula is C7H4F3N2O. The zero-order chi connectivity index (χ0) is 9.90. The third kappa shape index (κ3) is 2.17. The second kappa shape index (κ2) is 3.42. The molecule has 0 saturated heterocycles. The van der Waals surface area contributed by atoms with E-state index in [2.05, 4.69) is 11.1 Å². The molecule has 0 atom stereocenters. The Bertz CT molecular complexity index is 286. The first-order valence-electron chi connectivity index (χ1n) is 3.19. The number of anilines is 1. The van der Waals surface area contributed by atoms with E-state index in [-0.39, 0.29) is 6.41 Å². The molecule has 0 aliphatic heterocycles. The van der Waals surface area contributed by atoms with Crippen LogP contribution in [0.5, 0.6) is 0 Å². The number of pyridine rings is 1. The highest BCUT2D eigenvalue weighted by Crippen LogP contribution is 2.25. The van der Waals surface area contributed by atoms with Gasteiger partial charge in [-0.15, -0.1) is 13.2 Å². The number of carbonyl (C=O) groups is 1. The lowest BCUT2D eigenvalue weighted by molar-refractivity contribution is -0.141. The average Bonchev–Trinajstić information content (AvgIpc) is 2.05. The maximum absolute atomic E-state index is 12.1. The van der Waals surface area contributed by atoms with Crippen LogP contribution in [0.25, 0.3) is 0 Å². The molecule has 1 aromatic rings. The third-order valence-electron chi connectivity index (χ3n) is 1.23.